The van der Waals surface area contributed by atoms with E-state index in [1.165, 1.54) is 32.1 Å². The minimum absolute atomic E-state index is 0.000462. The van der Waals surface area contributed by atoms with E-state index in [0.29, 0.717) is 5.92 Å². The van der Waals surface area contributed by atoms with Crippen LogP contribution in [0.5, 0.6) is 0 Å². The summed E-state index contributed by atoms with van der Waals surface area (Å²) in [6, 6.07) is -0.372. The standard InChI is InChI=1S/C15H31N3O/c1-12(2)10-13(16)14(19)17-11-15(18(3)4)8-6-5-7-9-15/h12-13H,5-11,16H2,1-4H3,(H,17,19). The van der Waals surface area contributed by atoms with Crippen LogP contribution < -0.4 is 11.1 Å². The van der Waals surface area contributed by atoms with Crippen LogP contribution in [0.1, 0.15) is 52.4 Å². The minimum Gasteiger partial charge on any atom is -0.353 e. The zero-order chi connectivity index (χ0) is 14.5. The van der Waals surface area contributed by atoms with Crippen LogP contribution in [-0.4, -0.2) is 43.0 Å². The van der Waals surface area contributed by atoms with E-state index in [2.05, 4.69) is 38.2 Å². The van der Waals surface area contributed by atoms with Gasteiger partial charge >= 0.3 is 0 Å². The van der Waals surface area contributed by atoms with Crippen LogP contribution in [0.2, 0.25) is 0 Å². The van der Waals surface area contributed by atoms with Gasteiger partial charge in [-0.25, -0.2) is 0 Å². The average Bonchev–Trinajstić information content (AvgIpc) is 2.36. The summed E-state index contributed by atoms with van der Waals surface area (Å²) in [6.45, 7) is 4.91. The van der Waals surface area contributed by atoms with Crippen molar-refractivity contribution < 1.29 is 4.79 Å². The predicted molar refractivity (Wildman–Crippen MR) is 79.9 cm³/mol. The molecule has 0 heterocycles. The molecule has 0 spiro atoms. The molecule has 112 valence electrons. The molecule has 1 aliphatic carbocycles. The van der Waals surface area contributed by atoms with E-state index in [1.54, 1.807) is 0 Å². The first-order valence-corrected chi connectivity index (χ1v) is 7.58. The summed E-state index contributed by atoms with van der Waals surface area (Å²) in [7, 11) is 4.23. The molecule has 0 aromatic carbocycles. The monoisotopic (exact) mass is 269 g/mol. The Bertz CT molecular complexity index is 283. The highest BCUT2D eigenvalue weighted by Gasteiger charge is 2.34. The first-order chi connectivity index (χ1) is 8.87. The van der Waals surface area contributed by atoms with Crippen molar-refractivity contribution >= 4 is 5.91 Å². The number of hydrogen-bond acceptors (Lipinski definition) is 3. The largest absolute Gasteiger partial charge is 0.353 e. The summed E-state index contributed by atoms with van der Waals surface area (Å²) < 4.78 is 0. The molecule has 1 rings (SSSR count). The van der Waals surface area contributed by atoms with Gasteiger partial charge in [-0.05, 0) is 39.3 Å². The second-order valence-corrected chi connectivity index (χ2v) is 6.63. The van der Waals surface area contributed by atoms with E-state index in [9.17, 15) is 4.79 Å². The Balaban J connectivity index is 2.50. The molecule has 4 nitrogen and oxygen atoms in total. The molecule has 1 unspecified atom stereocenters. The van der Waals surface area contributed by atoms with Gasteiger partial charge in [0.1, 0.15) is 0 Å². The van der Waals surface area contributed by atoms with E-state index in [4.69, 9.17) is 5.73 Å². The van der Waals surface area contributed by atoms with Gasteiger partial charge in [0.15, 0.2) is 0 Å². The Morgan fingerprint density at radius 2 is 1.84 bits per heavy atom. The van der Waals surface area contributed by atoms with E-state index < -0.39 is 0 Å². The molecule has 0 bridgehead atoms. The molecule has 1 aliphatic rings. The van der Waals surface area contributed by atoms with Crippen LogP contribution in [-0.2, 0) is 4.79 Å². The van der Waals surface area contributed by atoms with Crippen LogP contribution >= 0.6 is 0 Å². The lowest BCUT2D eigenvalue weighted by molar-refractivity contribution is -0.123. The normalized spacial score (nSPS) is 20.6. The maximum atomic E-state index is 12.0. The molecule has 0 aromatic rings. The molecule has 0 saturated heterocycles. The maximum Gasteiger partial charge on any atom is 0.236 e. The van der Waals surface area contributed by atoms with Gasteiger partial charge in [-0.1, -0.05) is 33.1 Å². The third-order valence-corrected chi connectivity index (χ3v) is 4.39. The molecule has 0 aromatic heterocycles. The number of likely N-dealkylation sites (N-methyl/N-ethyl adjacent to an activating group) is 1. The molecule has 1 saturated carbocycles. The highest BCUT2D eigenvalue weighted by Crippen LogP contribution is 2.31. The van der Waals surface area contributed by atoms with Crippen LogP contribution in [0.25, 0.3) is 0 Å². The quantitative estimate of drug-likeness (QED) is 0.772. The summed E-state index contributed by atoms with van der Waals surface area (Å²) in [4.78, 5) is 14.3. The van der Waals surface area contributed by atoms with Crippen LogP contribution in [0.15, 0.2) is 0 Å². The molecule has 1 fully saturated rings. The van der Waals surface area contributed by atoms with Gasteiger partial charge in [0, 0.05) is 12.1 Å². The summed E-state index contributed by atoms with van der Waals surface area (Å²) in [5.74, 6) is 0.457. The summed E-state index contributed by atoms with van der Waals surface area (Å²) >= 11 is 0. The fourth-order valence-corrected chi connectivity index (χ4v) is 2.99. The van der Waals surface area contributed by atoms with Crippen molar-refractivity contribution in [3.63, 3.8) is 0 Å². The van der Waals surface area contributed by atoms with Crippen molar-refractivity contribution in [3.8, 4) is 0 Å². The fraction of sp³-hybridized carbons (Fsp3) is 0.933. The fourth-order valence-electron chi connectivity index (χ4n) is 2.99. The number of rotatable bonds is 6. The lowest BCUT2D eigenvalue weighted by atomic mass is 9.80. The average molecular weight is 269 g/mol. The zero-order valence-electron chi connectivity index (χ0n) is 13.0. The molecule has 4 heteroatoms. The van der Waals surface area contributed by atoms with Gasteiger partial charge in [0.25, 0.3) is 0 Å². The summed E-state index contributed by atoms with van der Waals surface area (Å²) in [5.41, 5.74) is 6.06. The predicted octanol–water partition coefficient (Wildman–Crippen LogP) is 1.74. The van der Waals surface area contributed by atoms with Gasteiger partial charge < -0.3 is 16.0 Å². The molecule has 3 N–H and O–H groups in total. The minimum atomic E-state index is -0.372. The van der Waals surface area contributed by atoms with Gasteiger partial charge in [-0.2, -0.15) is 0 Å². The number of carbonyl (C=O) groups excluding carboxylic acids is 1. The number of carbonyl (C=O) groups is 1. The number of nitrogens with two attached hydrogens (primary N) is 1. The second kappa shape index (κ2) is 7.25. The van der Waals surface area contributed by atoms with E-state index in [0.717, 1.165) is 13.0 Å². The highest BCUT2D eigenvalue weighted by molar-refractivity contribution is 5.81. The lowest BCUT2D eigenvalue weighted by Crippen LogP contribution is -2.55. The second-order valence-electron chi connectivity index (χ2n) is 6.63. The highest BCUT2D eigenvalue weighted by atomic mass is 16.2. The Kier molecular flexibility index (Phi) is 6.27. The molecular formula is C15H31N3O. The topological polar surface area (TPSA) is 58.4 Å². The van der Waals surface area contributed by atoms with Crippen LogP contribution in [0.3, 0.4) is 0 Å². The van der Waals surface area contributed by atoms with Crippen molar-refractivity contribution in [2.45, 2.75) is 64.0 Å². The van der Waals surface area contributed by atoms with Gasteiger partial charge in [0.2, 0.25) is 5.91 Å². The summed E-state index contributed by atoms with van der Waals surface area (Å²) in [6.07, 6.45) is 6.91. The maximum absolute atomic E-state index is 12.0. The molecule has 1 atom stereocenters. The van der Waals surface area contributed by atoms with E-state index >= 15 is 0 Å². The van der Waals surface area contributed by atoms with Crippen molar-refractivity contribution in [3.05, 3.63) is 0 Å². The van der Waals surface area contributed by atoms with Crippen molar-refractivity contribution in [2.75, 3.05) is 20.6 Å². The van der Waals surface area contributed by atoms with Crippen LogP contribution in [0.4, 0.5) is 0 Å². The van der Waals surface area contributed by atoms with Gasteiger partial charge in [-0.15, -0.1) is 0 Å². The van der Waals surface area contributed by atoms with E-state index in [1.807, 2.05) is 0 Å². The molecule has 1 amide bonds. The number of nitrogens with zero attached hydrogens (tertiary/aromatic N) is 1. The Morgan fingerprint density at radius 1 is 1.26 bits per heavy atom. The molecule has 0 aliphatic heterocycles. The Labute approximate surface area is 118 Å². The zero-order valence-corrected chi connectivity index (χ0v) is 13.0. The van der Waals surface area contributed by atoms with Crippen LogP contribution in [0, 0.1) is 5.92 Å². The third kappa shape index (κ3) is 4.77. The molecular weight excluding hydrogens is 238 g/mol. The lowest BCUT2D eigenvalue weighted by Gasteiger charge is -2.43. The first-order valence-electron chi connectivity index (χ1n) is 7.58. The first kappa shape index (κ1) is 16.4. The number of nitrogens with one attached hydrogen (secondary N) is 1. The Morgan fingerprint density at radius 3 is 2.32 bits per heavy atom. The van der Waals surface area contributed by atoms with Gasteiger partial charge in [-0.3, -0.25) is 4.79 Å². The SMILES string of the molecule is CC(C)CC(N)C(=O)NCC1(N(C)C)CCCCC1. The Hall–Kier alpha value is -0.610. The smallest absolute Gasteiger partial charge is 0.236 e. The van der Waals surface area contributed by atoms with Crippen molar-refractivity contribution in [2.24, 2.45) is 11.7 Å². The number of hydrogen-bond donors (Lipinski definition) is 2. The van der Waals surface area contributed by atoms with Gasteiger partial charge in [0.05, 0.1) is 6.04 Å². The molecule has 19 heavy (non-hydrogen) atoms. The number of amides is 1. The third-order valence-electron chi connectivity index (χ3n) is 4.39. The summed E-state index contributed by atoms with van der Waals surface area (Å²) in [5, 5.41) is 3.07. The molecule has 0 radical (unpaired) electrons. The van der Waals surface area contributed by atoms with Crippen molar-refractivity contribution in [1.29, 1.82) is 0 Å². The van der Waals surface area contributed by atoms with Crippen molar-refractivity contribution in [1.82, 2.24) is 10.2 Å². The van der Waals surface area contributed by atoms with E-state index in [-0.39, 0.29) is 17.5 Å².